The summed E-state index contributed by atoms with van der Waals surface area (Å²) in [4.78, 5) is 14.1. The van der Waals surface area contributed by atoms with E-state index in [9.17, 15) is 4.79 Å². The third-order valence-corrected chi connectivity index (χ3v) is 3.13. The Balaban J connectivity index is 2.70. The topological polar surface area (TPSA) is 46.3 Å². The molecule has 3 nitrogen and oxygen atoms in total. The fraction of sp³-hybridized carbons (Fsp3) is 0.909. The Hall–Kier alpha value is -0.570. The second kappa shape index (κ2) is 3.89. The minimum Gasteiger partial charge on any atom is -0.339 e. The standard InChI is InChI=1S/C11H22N2O/c1-8-5-9(2)13(6-8)10(14)11(3,4)7-12/h8-9H,5-7,12H2,1-4H3. The normalized spacial score (nSPS) is 28.2. The number of rotatable bonds is 2. The van der Waals surface area contributed by atoms with E-state index in [-0.39, 0.29) is 5.91 Å². The minimum absolute atomic E-state index is 0.205. The van der Waals surface area contributed by atoms with Gasteiger partial charge in [-0.05, 0) is 33.1 Å². The van der Waals surface area contributed by atoms with Crippen LogP contribution in [0.2, 0.25) is 0 Å². The van der Waals surface area contributed by atoms with E-state index < -0.39 is 5.41 Å². The first kappa shape index (κ1) is 11.5. The molecule has 1 aliphatic heterocycles. The lowest BCUT2D eigenvalue weighted by Crippen LogP contribution is -2.46. The van der Waals surface area contributed by atoms with Gasteiger partial charge in [-0.15, -0.1) is 0 Å². The molecule has 0 aromatic rings. The van der Waals surface area contributed by atoms with Gasteiger partial charge in [0.05, 0.1) is 5.41 Å². The quantitative estimate of drug-likeness (QED) is 0.725. The summed E-state index contributed by atoms with van der Waals surface area (Å²) >= 11 is 0. The van der Waals surface area contributed by atoms with Crippen LogP contribution in [-0.4, -0.2) is 29.9 Å². The fourth-order valence-electron chi connectivity index (χ4n) is 2.06. The van der Waals surface area contributed by atoms with Crippen LogP contribution >= 0.6 is 0 Å². The molecule has 2 unspecified atom stereocenters. The molecule has 3 heteroatoms. The van der Waals surface area contributed by atoms with Gasteiger partial charge in [0, 0.05) is 19.1 Å². The first-order chi connectivity index (χ1) is 6.38. The van der Waals surface area contributed by atoms with Gasteiger partial charge in [0.15, 0.2) is 0 Å². The zero-order valence-electron chi connectivity index (χ0n) is 9.71. The highest BCUT2D eigenvalue weighted by Gasteiger charge is 2.37. The Kier molecular flexibility index (Phi) is 3.20. The summed E-state index contributed by atoms with van der Waals surface area (Å²) in [6, 6.07) is 0.378. The Morgan fingerprint density at radius 1 is 1.50 bits per heavy atom. The second-order valence-electron chi connectivity index (χ2n) is 5.24. The largest absolute Gasteiger partial charge is 0.339 e. The van der Waals surface area contributed by atoms with Gasteiger partial charge in [0.1, 0.15) is 0 Å². The van der Waals surface area contributed by atoms with E-state index in [0.29, 0.717) is 18.5 Å². The maximum atomic E-state index is 12.1. The van der Waals surface area contributed by atoms with E-state index >= 15 is 0 Å². The lowest BCUT2D eigenvalue weighted by atomic mass is 9.91. The lowest BCUT2D eigenvalue weighted by Gasteiger charge is -2.30. The third-order valence-electron chi connectivity index (χ3n) is 3.13. The zero-order chi connectivity index (χ0) is 10.9. The number of hydrogen-bond donors (Lipinski definition) is 1. The smallest absolute Gasteiger partial charge is 0.229 e. The van der Waals surface area contributed by atoms with E-state index in [0.717, 1.165) is 13.0 Å². The van der Waals surface area contributed by atoms with Gasteiger partial charge >= 0.3 is 0 Å². The number of amides is 1. The van der Waals surface area contributed by atoms with Crippen molar-refractivity contribution in [1.29, 1.82) is 0 Å². The predicted molar refractivity (Wildman–Crippen MR) is 57.8 cm³/mol. The van der Waals surface area contributed by atoms with Gasteiger partial charge in [0.25, 0.3) is 0 Å². The first-order valence-electron chi connectivity index (χ1n) is 5.39. The van der Waals surface area contributed by atoms with Crippen molar-refractivity contribution in [3.05, 3.63) is 0 Å². The number of nitrogens with two attached hydrogens (primary N) is 1. The number of hydrogen-bond acceptors (Lipinski definition) is 2. The highest BCUT2D eigenvalue weighted by molar-refractivity contribution is 5.82. The maximum absolute atomic E-state index is 12.1. The number of nitrogens with zero attached hydrogens (tertiary/aromatic N) is 1. The van der Waals surface area contributed by atoms with Crippen LogP contribution < -0.4 is 5.73 Å². The predicted octanol–water partition coefficient (Wildman–Crippen LogP) is 1.23. The zero-order valence-corrected chi connectivity index (χ0v) is 9.71. The van der Waals surface area contributed by atoms with Crippen LogP contribution in [0.15, 0.2) is 0 Å². The van der Waals surface area contributed by atoms with Crippen molar-refractivity contribution in [3.8, 4) is 0 Å². The molecule has 2 N–H and O–H groups in total. The van der Waals surface area contributed by atoms with Crippen LogP contribution in [0, 0.1) is 11.3 Å². The monoisotopic (exact) mass is 198 g/mol. The molecular formula is C11H22N2O. The summed E-state index contributed by atoms with van der Waals surface area (Å²) in [6.07, 6.45) is 1.12. The molecule has 0 spiro atoms. The van der Waals surface area contributed by atoms with Crippen LogP contribution in [0.3, 0.4) is 0 Å². The molecule has 82 valence electrons. The molecule has 1 aliphatic rings. The molecule has 0 aromatic heterocycles. The van der Waals surface area contributed by atoms with Crippen LogP contribution in [0.5, 0.6) is 0 Å². The van der Waals surface area contributed by atoms with Crippen molar-refractivity contribution in [2.24, 2.45) is 17.1 Å². The molecule has 14 heavy (non-hydrogen) atoms. The van der Waals surface area contributed by atoms with Crippen molar-refractivity contribution in [3.63, 3.8) is 0 Å². The summed E-state index contributed by atoms with van der Waals surface area (Å²) < 4.78 is 0. The van der Waals surface area contributed by atoms with Gasteiger partial charge in [-0.2, -0.15) is 0 Å². The van der Waals surface area contributed by atoms with Crippen molar-refractivity contribution in [2.75, 3.05) is 13.1 Å². The Morgan fingerprint density at radius 3 is 2.43 bits per heavy atom. The van der Waals surface area contributed by atoms with Crippen LogP contribution in [0.25, 0.3) is 0 Å². The van der Waals surface area contributed by atoms with Crippen molar-refractivity contribution >= 4 is 5.91 Å². The summed E-state index contributed by atoms with van der Waals surface area (Å²) in [5.74, 6) is 0.833. The number of carbonyl (C=O) groups is 1. The first-order valence-corrected chi connectivity index (χ1v) is 5.39. The summed E-state index contributed by atoms with van der Waals surface area (Å²) in [5, 5.41) is 0. The Labute approximate surface area is 86.6 Å². The molecule has 0 bridgehead atoms. The highest BCUT2D eigenvalue weighted by Crippen LogP contribution is 2.27. The molecule has 0 aliphatic carbocycles. The number of likely N-dealkylation sites (tertiary alicyclic amines) is 1. The van der Waals surface area contributed by atoms with Gasteiger partial charge < -0.3 is 10.6 Å². The Bertz CT molecular complexity index is 225. The molecule has 0 aromatic carbocycles. The summed E-state index contributed by atoms with van der Waals surface area (Å²) in [7, 11) is 0. The Morgan fingerprint density at radius 2 is 2.07 bits per heavy atom. The second-order valence-corrected chi connectivity index (χ2v) is 5.24. The van der Waals surface area contributed by atoms with E-state index in [4.69, 9.17) is 5.73 Å². The van der Waals surface area contributed by atoms with E-state index in [2.05, 4.69) is 13.8 Å². The minimum atomic E-state index is -0.404. The SMILES string of the molecule is CC1CC(C)N(C(=O)C(C)(C)CN)C1. The van der Waals surface area contributed by atoms with Gasteiger partial charge in [-0.1, -0.05) is 6.92 Å². The summed E-state index contributed by atoms with van der Waals surface area (Å²) in [5.41, 5.74) is 5.20. The molecule has 1 heterocycles. The van der Waals surface area contributed by atoms with Crippen molar-refractivity contribution in [1.82, 2.24) is 4.90 Å². The fourth-order valence-corrected chi connectivity index (χ4v) is 2.06. The third kappa shape index (κ3) is 2.08. The maximum Gasteiger partial charge on any atom is 0.229 e. The van der Waals surface area contributed by atoms with E-state index in [1.54, 1.807) is 0 Å². The van der Waals surface area contributed by atoms with E-state index in [1.807, 2.05) is 18.7 Å². The average molecular weight is 198 g/mol. The molecular weight excluding hydrogens is 176 g/mol. The van der Waals surface area contributed by atoms with Gasteiger partial charge in [0.2, 0.25) is 5.91 Å². The molecule has 1 fully saturated rings. The molecule has 2 atom stereocenters. The van der Waals surface area contributed by atoms with Crippen LogP contribution in [0.4, 0.5) is 0 Å². The lowest BCUT2D eigenvalue weighted by molar-refractivity contribution is -0.140. The molecule has 0 radical (unpaired) electrons. The molecule has 1 rings (SSSR count). The van der Waals surface area contributed by atoms with Crippen LogP contribution in [-0.2, 0) is 4.79 Å². The van der Waals surface area contributed by atoms with Gasteiger partial charge in [-0.25, -0.2) is 0 Å². The van der Waals surface area contributed by atoms with Crippen molar-refractivity contribution < 1.29 is 4.79 Å². The van der Waals surface area contributed by atoms with Crippen LogP contribution in [0.1, 0.15) is 34.1 Å². The van der Waals surface area contributed by atoms with Crippen molar-refractivity contribution in [2.45, 2.75) is 40.2 Å². The highest BCUT2D eigenvalue weighted by atomic mass is 16.2. The molecule has 1 amide bonds. The van der Waals surface area contributed by atoms with E-state index in [1.165, 1.54) is 0 Å². The molecule has 1 saturated heterocycles. The summed E-state index contributed by atoms with van der Waals surface area (Å²) in [6.45, 7) is 9.47. The van der Waals surface area contributed by atoms with Gasteiger partial charge in [-0.3, -0.25) is 4.79 Å². The molecule has 0 saturated carbocycles. The average Bonchev–Trinajstić information content (AvgIpc) is 2.44. The number of carbonyl (C=O) groups excluding carboxylic acids is 1.